The Morgan fingerprint density at radius 1 is 1.02 bits per heavy atom. The van der Waals surface area contributed by atoms with E-state index in [1.54, 1.807) is 57.6 Å². The van der Waals surface area contributed by atoms with E-state index in [-0.39, 0.29) is 24.7 Å². The minimum Gasteiger partial charge on any atom is -0.458 e. The van der Waals surface area contributed by atoms with Crippen LogP contribution >= 0.6 is 0 Å². The highest BCUT2D eigenvalue weighted by Crippen LogP contribution is 2.30. The summed E-state index contributed by atoms with van der Waals surface area (Å²) in [6.07, 6.45) is 5.15. The van der Waals surface area contributed by atoms with Crippen LogP contribution < -0.4 is 16.4 Å². The van der Waals surface area contributed by atoms with Gasteiger partial charge in [-0.15, -0.1) is 0 Å². The fourth-order valence-corrected chi connectivity index (χ4v) is 4.57. The fraction of sp³-hybridized carbons (Fsp3) is 0.273. The molecule has 2 amide bonds. The molecule has 2 atom stereocenters. The molecule has 4 aromatic rings. The third-order valence-electron chi connectivity index (χ3n) is 6.59. The lowest BCUT2D eigenvalue weighted by molar-refractivity contribution is -0.157. The first-order chi connectivity index (χ1) is 20.5. The maximum absolute atomic E-state index is 13.7. The number of nitrogens with one attached hydrogen (secondary N) is 2. The fourth-order valence-electron chi connectivity index (χ4n) is 4.57. The van der Waals surface area contributed by atoms with Crippen LogP contribution in [-0.2, 0) is 20.9 Å². The molecule has 1 aromatic heterocycles. The van der Waals surface area contributed by atoms with E-state index in [0.717, 1.165) is 16.8 Å². The smallest absolute Gasteiger partial charge is 0.329 e. The molecule has 43 heavy (non-hydrogen) atoms. The van der Waals surface area contributed by atoms with Gasteiger partial charge in [0.15, 0.2) is 0 Å². The number of anilines is 1. The molecule has 0 spiro atoms. The summed E-state index contributed by atoms with van der Waals surface area (Å²) < 4.78 is 21.1. The highest BCUT2D eigenvalue weighted by molar-refractivity contribution is 6.03. The first kappa shape index (κ1) is 31.0. The summed E-state index contributed by atoms with van der Waals surface area (Å²) in [6.45, 7) is 5.70. The standard InChI is InChI=1S/C33H36FN5O4/c1-33(2,3)43-32(42)28(15-16-30(35)40)38-31(41)26-14-13-25(19-27(26)22-7-5-4-6-8-22)37-29(20-39-18-17-36-21-39)23-9-11-24(34)12-10-23/h4-14,17-19,21,28-29,37H,15-16,20H2,1-3H3,(H2,35,40)(H,38,41)/t28-,29?/m0/s1. The zero-order chi connectivity index (χ0) is 31.0. The molecule has 4 rings (SSSR count). The molecule has 0 aliphatic rings. The minimum atomic E-state index is -1.07. The highest BCUT2D eigenvalue weighted by atomic mass is 19.1. The molecule has 1 unspecified atom stereocenters. The average Bonchev–Trinajstić information content (AvgIpc) is 3.48. The van der Waals surface area contributed by atoms with E-state index in [4.69, 9.17) is 10.5 Å². The van der Waals surface area contributed by atoms with Gasteiger partial charge in [0.2, 0.25) is 5.91 Å². The number of imidazole rings is 1. The van der Waals surface area contributed by atoms with Crippen molar-refractivity contribution in [3.8, 4) is 11.1 Å². The molecule has 0 fully saturated rings. The van der Waals surface area contributed by atoms with Gasteiger partial charge in [0, 0.05) is 36.6 Å². The Bertz CT molecular complexity index is 1530. The number of aromatic nitrogens is 2. The van der Waals surface area contributed by atoms with E-state index in [1.807, 2.05) is 47.2 Å². The van der Waals surface area contributed by atoms with Crippen molar-refractivity contribution in [1.82, 2.24) is 14.9 Å². The van der Waals surface area contributed by atoms with Gasteiger partial charge in [0.05, 0.1) is 12.4 Å². The van der Waals surface area contributed by atoms with Crippen molar-refractivity contribution in [2.45, 2.75) is 57.8 Å². The lowest BCUT2D eigenvalue weighted by Crippen LogP contribution is -2.44. The van der Waals surface area contributed by atoms with Gasteiger partial charge in [-0.2, -0.15) is 0 Å². The first-order valence-electron chi connectivity index (χ1n) is 14.0. The molecular formula is C33H36FN5O4. The molecule has 9 nitrogen and oxygen atoms in total. The van der Waals surface area contributed by atoms with Crippen LogP contribution in [0.25, 0.3) is 11.1 Å². The zero-order valence-corrected chi connectivity index (χ0v) is 24.4. The molecule has 0 aliphatic carbocycles. The van der Waals surface area contributed by atoms with Crippen LogP contribution in [0.4, 0.5) is 10.1 Å². The van der Waals surface area contributed by atoms with Gasteiger partial charge in [-0.3, -0.25) is 9.59 Å². The Labute approximate surface area is 250 Å². The second kappa shape index (κ2) is 13.8. The van der Waals surface area contributed by atoms with Crippen molar-refractivity contribution in [2.75, 3.05) is 5.32 Å². The normalized spacial score (nSPS) is 12.7. The molecule has 4 N–H and O–H groups in total. The van der Waals surface area contributed by atoms with Gasteiger partial charge in [-0.05, 0) is 74.2 Å². The number of carbonyl (C=O) groups excluding carboxylic acids is 3. The van der Waals surface area contributed by atoms with Gasteiger partial charge in [-0.25, -0.2) is 14.2 Å². The number of carbonyl (C=O) groups is 3. The molecule has 0 aliphatic heterocycles. The van der Waals surface area contributed by atoms with Gasteiger partial charge >= 0.3 is 5.97 Å². The minimum absolute atomic E-state index is 0.00386. The molecule has 3 aromatic carbocycles. The van der Waals surface area contributed by atoms with Crippen LogP contribution in [0.3, 0.4) is 0 Å². The van der Waals surface area contributed by atoms with Crippen molar-refractivity contribution >= 4 is 23.5 Å². The largest absolute Gasteiger partial charge is 0.458 e. The maximum atomic E-state index is 13.7. The van der Waals surface area contributed by atoms with E-state index >= 15 is 0 Å². The summed E-state index contributed by atoms with van der Waals surface area (Å²) in [5, 5.41) is 6.27. The summed E-state index contributed by atoms with van der Waals surface area (Å²) in [4.78, 5) is 42.2. The molecule has 0 bridgehead atoms. The summed E-state index contributed by atoms with van der Waals surface area (Å²) in [5.41, 5.74) is 7.88. The van der Waals surface area contributed by atoms with Crippen LogP contribution in [0.1, 0.15) is 55.6 Å². The summed E-state index contributed by atoms with van der Waals surface area (Å²) in [7, 11) is 0. The third-order valence-corrected chi connectivity index (χ3v) is 6.59. The second-order valence-corrected chi connectivity index (χ2v) is 11.2. The number of amides is 2. The summed E-state index contributed by atoms with van der Waals surface area (Å²) in [5.74, 6) is -2.07. The molecular weight excluding hydrogens is 549 g/mol. The maximum Gasteiger partial charge on any atom is 0.329 e. The van der Waals surface area contributed by atoms with Crippen molar-refractivity contribution in [3.05, 3.63) is 108 Å². The van der Waals surface area contributed by atoms with E-state index in [2.05, 4.69) is 15.6 Å². The Hall–Kier alpha value is -4.99. The van der Waals surface area contributed by atoms with E-state index in [9.17, 15) is 18.8 Å². The van der Waals surface area contributed by atoms with E-state index in [1.165, 1.54) is 12.1 Å². The highest BCUT2D eigenvalue weighted by Gasteiger charge is 2.28. The number of ether oxygens (including phenoxy) is 1. The number of hydrogen-bond acceptors (Lipinski definition) is 6. The van der Waals surface area contributed by atoms with Gasteiger partial charge in [0.25, 0.3) is 5.91 Å². The monoisotopic (exact) mass is 585 g/mol. The average molecular weight is 586 g/mol. The molecule has 0 radical (unpaired) electrons. The number of halogens is 1. The first-order valence-corrected chi connectivity index (χ1v) is 14.0. The number of nitrogens with two attached hydrogens (primary N) is 1. The number of rotatable bonds is 12. The lowest BCUT2D eigenvalue weighted by atomic mass is 9.97. The van der Waals surface area contributed by atoms with Gasteiger partial charge in [-0.1, -0.05) is 42.5 Å². The van der Waals surface area contributed by atoms with Crippen LogP contribution in [-0.4, -0.2) is 39.0 Å². The van der Waals surface area contributed by atoms with Crippen LogP contribution in [0.15, 0.2) is 91.5 Å². The quantitative estimate of drug-likeness (QED) is 0.195. The third kappa shape index (κ3) is 9.00. The predicted octanol–water partition coefficient (Wildman–Crippen LogP) is 5.25. The molecule has 0 saturated carbocycles. The molecule has 0 saturated heterocycles. The van der Waals surface area contributed by atoms with Crippen LogP contribution in [0.2, 0.25) is 0 Å². The molecule has 224 valence electrons. The Kier molecular flexibility index (Phi) is 9.92. The van der Waals surface area contributed by atoms with Gasteiger partial charge < -0.3 is 25.7 Å². The van der Waals surface area contributed by atoms with E-state index < -0.39 is 29.4 Å². The zero-order valence-electron chi connectivity index (χ0n) is 24.4. The number of primary amides is 1. The van der Waals surface area contributed by atoms with Crippen molar-refractivity contribution in [1.29, 1.82) is 0 Å². The second-order valence-electron chi connectivity index (χ2n) is 11.2. The summed E-state index contributed by atoms with van der Waals surface area (Å²) in [6, 6.07) is 19.7. The van der Waals surface area contributed by atoms with Crippen LogP contribution in [0, 0.1) is 5.82 Å². The summed E-state index contributed by atoms with van der Waals surface area (Å²) >= 11 is 0. The van der Waals surface area contributed by atoms with Gasteiger partial charge in [0.1, 0.15) is 17.5 Å². The number of hydrogen-bond donors (Lipinski definition) is 3. The van der Waals surface area contributed by atoms with Crippen molar-refractivity contribution < 1.29 is 23.5 Å². The Morgan fingerprint density at radius 2 is 1.74 bits per heavy atom. The molecule has 1 heterocycles. The topological polar surface area (TPSA) is 128 Å². The number of benzene rings is 3. The van der Waals surface area contributed by atoms with E-state index in [0.29, 0.717) is 17.7 Å². The van der Waals surface area contributed by atoms with Crippen molar-refractivity contribution in [3.63, 3.8) is 0 Å². The SMILES string of the molecule is CC(C)(C)OC(=O)[C@H](CCC(N)=O)NC(=O)c1ccc(NC(Cn2ccnc2)c2ccc(F)cc2)cc1-c1ccccc1. The Morgan fingerprint density at radius 3 is 2.37 bits per heavy atom. The number of nitrogens with zero attached hydrogens (tertiary/aromatic N) is 2. The molecule has 10 heteroatoms. The lowest BCUT2D eigenvalue weighted by Gasteiger charge is -2.25. The van der Waals surface area contributed by atoms with Crippen LogP contribution in [0.5, 0.6) is 0 Å². The number of esters is 1. The Balaban J connectivity index is 1.66. The predicted molar refractivity (Wildman–Crippen MR) is 162 cm³/mol. The van der Waals surface area contributed by atoms with Crippen molar-refractivity contribution in [2.24, 2.45) is 5.73 Å².